The highest BCUT2D eigenvalue weighted by atomic mass is 32.2. The van der Waals surface area contributed by atoms with Crippen molar-refractivity contribution in [2.45, 2.75) is 24.3 Å². The number of methoxy groups -OCH3 is 1. The number of carboxylic acids is 1. The van der Waals surface area contributed by atoms with Crippen LogP contribution in [0.4, 0.5) is 0 Å². The largest absolute Gasteiger partial charge is 0.495 e. The molecule has 8 heteroatoms. The van der Waals surface area contributed by atoms with Crippen molar-refractivity contribution in [3.63, 3.8) is 0 Å². The van der Waals surface area contributed by atoms with Crippen LogP contribution in [0.25, 0.3) is 0 Å². The Balaban J connectivity index is 2.45. The molecule has 1 heterocycles. The normalized spacial score (nSPS) is 13.0. The molecule has 0 bridgehead atoms. The maximum absolute atomic E-state index is 13.0. The second-order valence-electron chi connectivity index (χ2n) is 5.27. The first kappa shape index (κ1) is 18.4. The first-order valence-electron chi connectivity index (χ1n) is 7.17. The zero-order valence-electron chi connectivity index (χ0n) is 13.6. The van der Waals surface area contributed by atoms with E-state index in [1.54, 1.807) is 13.0 Å². The third-order valence-electron chi connectivity index (χ3n) is 3.74. The van der Waals surface area contributed by atoms with Crippen molar-refractivity contribution < 1.29 is 23.1 Å². The molecule has 130 valence electrons. The SMILES string of the molecule is COc1ccc(CC(=O)O)cc1S(=O)(=O)N(C)C(C)c1cccs1. The van der Waals surface area contributed by atoms with Crippen LogP contribution in [0, 0.1) is 0 Å². The van der Waals surface area contributed by atoms with Crippen molar-refractivity contribution >= 4 is 27.3 Å². The molecule has 0 aliphatic rings. The Morgan fingerprint density at radius 3 is 2.62 bits per heavy atom. The van der Waals surface area contributed by atoms with Gasteiger partial charge in [-0.3, -0.25) is 4.79 Å². The Bertz CT molecular complexity index is 815. The minimum Gasteiger partial charge on any atom is -0.495 e. The second-order valence-corrected chi connectivity index (χ2v) is 8.21. The third kappa shape index (κ3) is 3.77. The summed E-state index contributed by atoms with van der Waals surface area (Å²) in [4.78, 5) is 11.8. The molecule has 24 heavy (non-hydrogen) atoms. The zero-order chi connectivity index (χ0) is 17.9. The number of hydrogen-bond donors (Lipinski definition) is 1. The molecule has 1 unspecified atom stereocenters. The van der Waals surface area contributed by atoms with Gasteiger partial charge in [-0.2, -0.15) is 4.31 Å². The molecule has 0 aliphatic carbocycles. The third-order valence-corrected chi connectivity index (χ3v) is 6.73. The minimum atomic E-state index is -3.84. The van der Waals surface area contributed by atoms with Crippen LogP contribution in [-0.4, -0.2) is 38.0 Å². The molecule has 0 fully saturated rings. The van der Waals surface area contributed by atoms with Crippen LogP contribution in [0.15, 0.2) is 40.6 Å². The molecule has 2 rings (SSSR count). The minimum absolute atomic E-state index is 0.0327. The van der Waals surface area contributed by atoms with Crippen LogP contribution < -0.4 is 4.74 Å². The first-order valence-corrected chi connectivity index (χ1v) is 9.49. The van der Waals surface area contributed by atoms with E-state index in [9.17, 15) is 13.2 Å². The summed E-state index contributed by atoms with van der Waals surface area (Å²) in [6.45, 7) is 1.80. The lowest BCUT2D eigenvalue weighted by molar-refractivity contribution is -0.136. The standard InChI is InChI=1S/C16H19NO5S2/c1-11(14-5-4-8-23-14)17(2)24(20,21)15-9-12(10-16(18)19)6-7-13(15)22-3/h4-9,11H,10H2,1-3H3,(H,18,19). The molecule has 1 N–H and O–H groups in total. The molecule has 0 aliphatic heterocycles. The lowest BCUT2D eigenvalue weighted by Gasteiger charge is -2.24. The van der Waals surface area contributed by atoms with E-state index in [4.69, 9.17) is 9.84 Å². The molecule has 0 spiro atoms. The molecule has 2 aromatic rings. The van der Waals surface area contributed by atoms with E-state index in [1.165, 1.54) is 41.9 Å². The molecular weight excluding hydrogens is 350 g/mol. The van der Waals surface area contributed by atoms with Gasteiger partial charge in [0.1, 0.15) is 10.6 Å². The summed E-state index contributed by atoms with van der Waals surface area (Å²) in [5.74, 6) is -0.835. The van der Waals surface area contributed by atoms with Crippen LogP contribution in [0.3, 0.4) is 0 Å². The van der Waals surface area contributed by atoms with Crippen molar-refractivity contribution in [3.8, 4) is 5.75 Å². The Labute approximate surface area is 145 Å². The van der Waals surface area contributed by atoms with Gasteiger partial charge in [0.25, 0.3) is 0 Å². The maximum Gasteiger partial charge on any atom is 0.307 e. The highest BCUT2D eigenvalue weighted by Crippen LogP contribution is 2.33. The number of carboxylic acid groups (broad SMARTS) is 1. The van der Waals surface area contributed by atoms with E-state index >= 15 is 0 Å². The van der Waals surface area contributed by atoms with Gasteiger partial charge in [-0.25, -0.2) is 8.42 Å². The topological polar surface area (TPSA) is 83.9 Å². The van der Waals surface area contributed by atoms with Gasteiger partial charge in [-0.05, 0) is 36.1 Å². The number of thiophene rings is 1. The van der Waals surface area contributed by atoms with E-state index in [0.29, 0.717) is 5.56 Å². The Hall–Kier alpha value is -1.90. The van der Waals surface area contributed by atoms with E-state index in [2.05, 4.69) is 0 Å². The fourth-order valence-corrected chi connectivity index (χ4v) is 4.72. The van der Waals surface area contributed by atoms with Gasteiger partial charge < -0.3 is 9.84 Å². The van der Waals surface area contributed by atoms with Crippen molar-refractivity contribution in [2.75, 3.05) is 14.2 Å². The Kier molecular flexibility index (Phi) is 5.63. The van der Waals surface area contributed by atoms with Gasteiger partial charge in [-0.15, -0.1) is 11.3 Å². The molecule has 6 nitrogen and oxygen atoms in total. The Morgan fingerprint density at radius 2 is 2.08 bits per heavy atom. The van der Waals surface area contributed by atoms with Crippen LogP contribution in [0.2, 0.25) is 0 Å². The van der Waals surface area contributed by atoms with Gasteiger partial charge >= 0.3 is 5.97 Å². The molecule has 0 saturated heterocycles. The van der Waals surface area contributed by atoms with Crippen LogP contribution >= 0.6 is 11.3 Å². The molecule has 0 radical (unpaired) electrons. The van der Waals surface area contributed by atoms with Gasteiger partial charge in [-0.1, -0.05) is 12.1 Å². The fraction of sp³-hybridized carbons (Fsp3) is 0.312. The van der Waals surface area contributed by atoms with E-state index in [1.807, 2.05) is 17.5 Å². The smallest absolute Gasteiger partial charge is 0.307 e. The lowest BCUT2D eigenvalue weighted by Crippen LogP contribution is -2.29. The second kappa shape index (κ2) is 7.33. The van der Waals surface area contributed by atoms with E-state index in [0.717, 1.165) is 4.88 Å². The van der Waals surface area contributed by atoms with Crippen LogP contribution in [0.1, 0.15) is 23.4 Å². The quantitative estimate of drug-likeness (QED) is 0.811. The van der Waals surface area contributed by atoms with Gasteiger partial charge in [0.05, 0.1) is 19.6 Å². The summed E-state index contributed by atoms with van der Waals surface area (Å²) in [6, 6.07) is 7.79. The van der Waals surface area contributed by atoms with Crippen molar-refractivity contribution in [3.05, 3.63) is 46.2 Å². The summed E-state index contributed by atoms with van der Waals surface area (Å²) >= 11 is 1.48. The van der Waals surface area contributed by atoms with Crippen molar-refractivity contribution in [1.29, 1.82) is 0 Å². The first-order chi connectivity index (χ1) is 11.3. The zero-order valence-corrected chi connectivity index (χ0v) is 15.2. The predicted molar refractivity (Wildman–Crippen MR) is 92.0 cm³/mol. The number of hydrogen-bond acceptors (Lipinski definition) is 5. The molecule has 1 atom stereocenters. The lowest BCUT2D eigenvalue weighted by atomic mass is 10.1. The van der Waals surface area contributed by atoms with Gasteiger partial charge in [0.15, 0.2) is 0 Å². The monoisotopic (exact) mass is 369 g/mol. The maximum atomic E-state index is 13.0. The number of nitrogens with zero attached hydrogens (tertiary/aromatic N) is 1. The molecule has 1 aromatic heterocycles. The highest BCUT2D eigenvalue weighted by Gasteiger charge is 2.30. The van der Waals surface area contributed by atoms with Gasteiger partial charge in [0, 0.05) is 11.9 Å². The van der Waals surface area contributed by atoms with Crippen LogP contribution in [-0.2, 0) is 21.2 Å². The summed E-state index contributed by atoms with van der Waals surface area (Å²) < 4.78 is 32.4. The number of rotatable bonds is 7. The Morgan fingerprint density at radius 1 is 1.38 bits per heavy atom. The molecule has 0 saturated carbocycles. The number of ether oxygens (including phenoxy) is 1. The summed E-state index contributed by atoms with van der Waals surface area (Å²) in [5, 5.41) is 10.8. The summed E-state index contributed by atoms with van der Waals surface area (Å²) in [7, 11) is -0.957. The molecule has 1 aromatic carbocycles. The highest BCUT2D eigenvalue weighted by molar-refractivity contribution is 7.89. The average molecular weight is 369 g/mol. The van der Waals surface area contributed by atoms with Gasteiger partial charge in [0.2, 0.25) is 10.0 Å². The summed E-state index contributed by atoms with van der Waals surface area (Å²) in [6.07, 6.45) is -0.253. The number of carbonyl (C=O) groups is 1. The number of sulfonamides is 1. The van der Waals surface area contributed by atoms with E-state index < -0.39 is 16.0 Å². The van der Waals surface area contributed by atoms with E-state index in [-0.39, 0.29) is 23.1 Å². The summed E-state index contributed by atoms with van der Waals surface area (Å²) in [5.41, 5.74) is 0.402. The molecular formula is C16H19NO5S2. The average Bonchev–Trinajstić information content (AvgIpc) is 3.07. The molecule has 0 amide bonds. The van der Waals surface area contributed by atoms with Crippen LogP contribution in [0.5, 0.6) is 5.75 Å². The number of benzene rings is 1. The van der Waals surface area contributed by atoms with Crippen molar-refractivity contribution in [2.24, 2.45) is 0 Å². The fourth-order valence-electron chi connectivity index (χ4n) is 2.28. The number of aliphatic carboxylic acids is 1. The predicted octanol–water partition coefficient (Wildman–Crippen LogP) is 2.77. The van der Waals surface area contributed by atoms with Crippen molar-refractivity contribution in [1.82, 2.24) is 4.31 Å².